The molecular weight excluding hydrogens is 126 g/mol. The lowest BCUT2D eigenvalue weighted by Crippen LogP contribution is -1.90. The van der Waals surface area contributed by atoms with Crippen LogP contribution in [0.3, 0.4) is 0 Å². The molecule has 0 aliphatic heterocycles. The Bertz CT molecular complexity index is 315. The molecule has 0 amide bonds. The van der Waals surface area contributed by atoms with Crippen LogP contribution in [0.4, 0.5) is 0 Å². The molecule has 0 saturated heterocycles. The van der Waals surface area contributed by atoms with Gasteiger partial charge in [-0.2, -0.15) is 0 Å². The lowest BCUT2D eigenvalue weighted by molar-refractivity contribution is 0.105. The number of pyridine rings is 1. The van der Waals surface area contributed by atoms with Gasteiger partial charge in [-0.1, -0.05) is 0 Å². The summed E-state index contributed by atoms with van der Waals surface area (Å²) in [7, 11) is 0. The van der Waals surface area contributed by atoms with Crippen molar-refractivity contribution in [2.45, 2.75) is 0 Å². The van der Waals surface area contributed by atoms with Gasteiger partial charge in [-0.3, -0.25) is 9.78 Å². The van der Waals surface area contributed by atoms with Crippen LogP contribution in [-0.4, -0.2) is 10.8 Å². The standard InChI is InChI=1S/C8H5NO/c10-8-2-1-6-5-9-4-3-7(6)8/h1-5H. The van der Waals surface area contributed by atoms with Gasteiger partial charge in [-0.25, -0.2) is 0 Å². The molecule has 2 rings (SSSR count). The number of allylic oxidation sites excluding steroid dienone is 1. The monoisotopic (exact) mass is 131 g/mol. The topological polar surface area (TPSA) is 30.0 Å². The Morgan fingerprint density at radius 3 is 3.00 bits per heavy atom. The first-order valence-electron chi connectivity index (χ1n) is 3.04. The summed E-state index contributed by atoms with van der Waals surface area (Å²) in [6.45, 7) is 0. The number of carbonyl (C=O) groups is 1. The molecule has 0 bridgehead atoms. The van der Waals surface area contributed by atoms with Crippen LogP contribution in [0, 0.1) is 0 Å². The summed E-state index contributed by atoms with van der Waals surface area (Å²) in [5.41, 5.74) is 1.68. The van der Waals surface area contributed by atoms with Crippen molar-refractivity contribution >= 4 is 11.9 Å². The Morgan fingerprint density at radius 2 is 2.20 bits per heavy atom. The highest BCUT2D eigenvalue weighted by Crippen LogP contribution is 2.16. The molecule has 0 aromatic carbocycles. The van der Waals surface area contributed by atoms with Gasteiger partial charge in [0.25, 0.3) is 0 Å². The van der Waals surface area contributed by atoms with Crippen molar-refractivity contribution in [3.63, 3.8) is 0 Å². The van der Waals surface area contributed by atoms with Gasteiger partial charge < -0.3 is 0 Å². The molecular formula is C8H5NO. The third-order valence-electron chi connectivity index (χ3n) is 1.53. The number of hydrogen-bond donors (Lipinski definition) is 0. The van der Waals surface area contributed by atoms with Crippen LogP contribution < -0.4 is 0 Å². The van der Waals surface area contributed by atoms with Gasteiger partial charge >= 0.3 is 0 Å². The number of ketones is 1. The van der Waals surface area contributed by atoms with Crippen LogP contribution in [0.15, 0.2) is 24.5 Å². The molecule has 0 spiro atoms. The van der Waals surface area contributed by atoms with Crippen molar-refractivity contribution in [2.75, 3.05) is 0 Å². The first-order chi connectivity index (χ1) is 4.88. The van der Waals surface area contributed by atoms with E-state index in [1.807, 2.05) is 0 Å². The molecule has 1 aromatic heterocycles. The van der Waals surface area contributed by atoms with Crippen LogP contribution in [-0.2, 0) is 0 Å². The zero-order valence-corrected chi connectivity index (χ0v) is 5.24. The second-order valence-electron chi connectivity index (χ2n) is 2.16. The number of fused-ring (bicyclic) bond motifs is 1. The van der Waals surface area contributed by atoms with Crippen molar-refractivity contribution in [2.24, 2.45) is 0 Å². The number of carbonyl (C=O) groups excluding carboxylic acids is 1. The maximum Gasteiger partial charge on any atom is 0.186 e. The highest BCUT2D eigenvalue weighted by Gasteiger charge is 2.11. The van der Waals surface area contributed by atoms with Crippen LogP contribution in [0.25, 0.3) is 6.08 Å². The lowest BCUT2D eigenvalue weighted by Gasteiger charge is -1.91. The summed E-state index contributed by atoms with van der Waals surface area (Å²) in [6.07, 6.45) is 6.66. The minimum absolute atomic E-state index is 0.0809. The third kappa shape index (κ3) is 0.589. The zero-order chi connectivity index (χ0) is 6.97. The molecule has 0 fully saturated rings. The highest BCUT2D eigenvalue weighted by atomic mass is 16.1. The minimum atomic E-state index is 0.0809. The number of rotatable bonds is 0. The van der Waals surface area contributed by atoms with Crippen molar-refractivity contribution in [1.29, 1.82) is 0 Å². The summed E-state index contributed by atoms with van der Waals surface area (Å²) >= 11 is 0. The largest absolute Gasteiger partial charge is 0.289 e. The maximum atomic E-state index is 11.0. The summed E-state index contributed by atoms with van der Waals surface area (Å²) < 4.78 is 0. The van der Waals surface area contributed by atoms with Gasteiger partial charge in [0.1, 0.15) is 0 Å². The van der Waals surface area contributed by atoms with E-state index >= 15 is 0 Å². The molecule has 0 atom stereocenters. The molecule has 0 N–H and O–H groups in total. The third-order valence-corrected chi connectivity index (χ3v) is 1.53. The van der Waals surface area contributed by atoms with Crippen molar-refractivity contribution in [1.82, 2.24) is 4.98 Å². The predicted molar refractivity (Wildman–Crippen MR) is 37.6 cm³/mol. The van der Waals surface area contributed by atoms with Gasteiger partial charge in [0, 0.05) is 23.5 Å². The van der Waals surface area contributed by atoms with E-state index in [4.69, 9.17) is 0 Å². The second kappa shape index (κ2) is 1.77. The van der Waals surface area contributed by atoms with Crippen molar-refractivity contribution in [3.05, 3.63) is 35.7 Å². The van der Waals surface area contributed by atoms with Crippen molar-refractivity contribution in [3.8, 4) is 0 Å². The Labute approximate surface area is 58.2 Å². The van der Waals surface area contributed by atoms with E-state index in [9.17, 15) is 4.79 Å². The zero-order valence-electron chi connectivity index (χ0n) is 5.24. The fourth-order valence-corrected chi connectivity index (χ4v) is 1.02. The first-order valence-corrected chi connectivity index (χ1v) is 3.04. The Morgan fingerprint density at radius 1 is 1.30 bits per heavy atom. The number of hydrogen-bond acceptors (Lipinski definition) is 2. The van der Waals surface area contributed by atoms with Crippen molar-refractivity contribution < 1.29 is 4.79 Å². The fraction of sp³-hybridized carbons (Fsp3) is 0. The van der Waals surface area contributed by atoms with Gasteiger partial charge in [0.2, 0.25) is 0 Å². The maximum absolute atomic E-state index is 11.0. The van der Waals surface area contributed by atoms with Gasteiger partial charge in [0.15, 0.2) is 5.78 Å². The van der Waals surface area contributed by atoms with Gasteiger partial charge in [0.05, 0.1) is 0 Å². The molecule has 2 heteroatoms. The molecule has 0 saturated carbocycles. The summed E-state index contributed by atoms with van der Waals surface area (Å²) in [6, 6.07) is 1.73. The normalized spacial score (nSPS) is 13.8. The van der Waals surface area contributed by atoms with Crippen LogP contribution in [0.1, 0.15) is 15.9 Å². The van der Waals surface area contributed by atoms with E-state index in [2.05, 4.69) is 4.98 Å². The highest BCUT2D eigenvalue weighted by molar-refractivity contribution is 6.13. The Balaban J connectivity index is 2.70. The van der Waals surface area contributed by atoms with Gasteiger partial charge in [-0.05, 0) is 18.2 Å². The molecule has 2 nitrogen and oxygen atoms in total. The summed E-state index contributed by atoms with van der Waals surface area (Å²) in [5.74, 6) is 0.0809. The fourth-order valence-electron chi connectivity index (χ4n) is 1.02. The molecule has 1 aromatic rings. The van der Waals surface area contributed by atoms with E-state index in [0.717, 1.165) is 11.1 Å². The smallest absolute Gasteiger partial charge is 0.186 e. The predicted octanol–water partition coefficient (Wildman–Crippen LogP) is 1.29. The summed E-state index contributed by atoms with van der Waals surface area (Å²) in [5, 5.41) is 0. The first kappa shape index (κ1) is 5.35. The number of nitrogens with zero attached hydrogens (tertiary/aromatic N) is 1. The Kier molecular flexibility index (Phi) is 0.947. The minimum Gasteiger partial charge on any atom is -0.289 e. The number of aromatic nitrogens is 1. The lowest BCUT2D eigenvalue weighted by atomic mass is 10.2. The molecule has 1 aliphatic carbocycles. The molecule has 1 aliphatic rings. The quantitative estimate of drug-likeness (QED) is 0.531. The van der Waals surface area contributed by atoms with Gasteiger partial charge in [-0.15, -0.1) is 0 Å². The average molecular weight is 131 g/mol. The molecule has 1 heterocycles. The van der Waals surface area contributed by atoms with Crippen LogP contribution in [0.2, 0.25) is 0 Å². The van der Waals surface area contributed by atoms with Crippen LogP contribution >= 0.6 is 0 Å². The average Bonchev–Trinajstić information content (AvgIpc) is 2.34. The molecule has 0 radical (unpaired) electrons. The van der Waals surface area contributed by atoms with E-state index < -0.39 is 0 Å². The van der Waals surface area contributed by atoms with E-state index in [-0.39, 0.29) is 5.78 Å². The van der Waals surface area contributed by atoms with E-state index in [1.165, 1.54) is 0 Å². The summed E-state index contributed by atoms with van der Waals surface area (Å²) in [4.78, 5) is 14.8. The van der Waals surface area contributed by atoms with E-state index in [0.29, 0.717) is 0 Å². The van der Waals surface area contributed by atoms with E-state index in [1.54, 1.807) is 30.6 Å². The second-order valence-corrected chi connectivity index (χ2v) is 2.16. The molecule has 48 valence electrons. The molecule has 0 unspecified atom stereocenters. The SMILES string of the molecule is O=C1C=Cc2cnccc21. The molecule has 10 heavy (non-hydrogen) atoms. The van der Waals surface area contributed by atoms with Crippen LogP contribution in [0.5, 0.6) is 0 Å². The Hall–Kier alpha value is -1.44.